The SMILES string of the molecule is CCC(NC(=O)[C@H](CS(=O)(=O)CC1CC1)N=C(NS(C)(=O)=O)N1CCOCC1)C(=O)c1nc2ccccc2o1. The van der Waals surface area contributed by atoms with Crippen molar-refractivity contribution in [1.82, 2.24) is 19.9 Å². The maximum Gasteiger partial charge on any atom is 0.266 e. The quantitative estimate of drug-likeness (QED) is 0.213. The van der Waals surface area contributed by atoms with Gasteiger partial charge < -0.3 is 19.4 Å². The third kappa shape index (κ3) is 8.22. The number of guanidine groups is 1. The molecular weight excluding hydrogens is 550 g/mol. The molecule has 1 saturated heterocycles. The van der Waals surface area contributed by atoms with Crippen LogP contribution in [-0.4, -0.2) is 101 Å². The number of ketones is 1. The molecule has 1 saturated carbocycles. The second-order valence-corrected chi connectivity index (χ2v) is 13.7. The van der Waals surface area contributed by atoms with Gasteiger partial charge in [0.05, 0.1) is 37.0 Å². The second-order valence-electron chi connectivity index (χ2n) is 9.78. The second kappa shape index (κ2) is 12.0. The van der Waals surface area contributed by atoms with E-state index in [1.54, 1.807) is 36.1 Å². The molecule has 214 valence electrons. The number of ether oxygens (including phenoxy) is 1. The molecule has 2 aromatic rings. The average Bonchev–Trinajstić information content (AvgIpc) is 3.57. The van der Waals surface area contributed by atoms with Gasteiger partial charge in [-0.25, -0.2) is 26.8 Å². The predicted molar refractivity (Wildman–Crippen MR) is 144 cm³/mol. The molecule has 2 heterocycles. The van der Waals surface area contributed by atoms with Gasteiger partial charge in [0, 0.05) is 13.1 Å². The number of para-hydroxylation sites is 2. The van der Waals surface area contributed by atoms with Crippen LogP contribution in [0.15, 0.2) is 33.7 Å². The Morgan fingerprint density at radius 1 is 1.15 bits per heavy atom. The van der Waals surface area contributed by atoms with Crippen molar-refractivity contribution < 1.29 is 35.6 Å². The zero-order valence-electron chi connectivity index (χ0n) is 21.8. The molecule has 13 nitrogen and oxygen atoms in total. The molecule has 2 N–H and O–H groups in total. The van der Waals surface area contributed by atoms with E-state index in [-0.39, 0.29) is 43.0 Å². The lowest BCUT2D eigenvalue weighted by atomic mass is 10.1. The van der Waals surface area contributed by atoms with Gasteiger partial charge >= 0.3 is 0 Å². The minimum Gasteiger partial charge on any atom is -0.434 e. The van der Waals surface area contributed by atoms with Gasteiger partial charge in [-0.1, -0.05) is 19.1 Å². The monoisotopic (exact) mass is 583 g/mol. The van der Waals surface area contributed by atoms with Crippen LogP contribution in [0.4, 0.5) is 0 Å². The minimum absolute atomic E-state index is 0.0414. The number of aromatic nitrogens is 1. The van der Waals surface area contributed by atoms with Crippen molar-refractivity contribution in [3.05, 3.63) is 30.2 Å². The third-order valence-corrected chi connectivity index (χ3v) is 8.67. The summed E-state index contributed by atoms with van der Waals surface area (Å²) in [7, 11) is -7.52. The number of hydrogen-bond donors (Lipinski definition) is 2. The summed E-state index contributed by atoms with van der Waals surface area (Å²) < 4.78 is 63.2. The first-order chi connectivity index (χ1) is 18.4. The number of sulfonamides is 1. The van der Waals surface area contributed by atoms with E-state index >= 15 is 0 Å². The zero-order chi connectivity index (χ0) is 28.2. The molecule has 2 fully saturated rings. The lowest BCUT2D eigenvalue weighted by Crippen LogP contribution is -2.51. The number of carbonyl (C=O) groups is 2. The Kier molecular flexibility index (Phi) is 8.91. The molecule has 4 rings (SSSR count). The van der Waals surface area contributed by atoms with E-state index < -0.39 is 49.4 Å². The van der Waals surface area contributed by atoms with E-state index in [0.717, 1.165) is 19.1 Å². The van der Waals surface area contributed by atoms with Gasteiger partial charge in [0.1, 0.15) is 11.6 Å². The fourth-order valence-corrected chi connectivity index (χ4v) is 6.54. The largest absolute Gasteiger partial charge is 0.434 e. The van der Waals surface area contributed by atoms with Gasteiger partial charge in [-0.15, -0.1) is 0 Å². The van der Waals surface area contributed by atoms with E-state index in [9.17, 15) is 26.4 Å². The Hall–Kier alpha value is -3.04. The van der Waals surface area contributed by atoms with Gasteiger partial charge in [0.2, 0.25) is 27.7 Å². The average molecular weight is 584 g/mol. The number of nitrogens with zero attached hydrogens (tertiary/aromatic N) is 3. The smallest absolute Gasteiger partial charge is 0.266 e. The highest BCUT2D eigenvalue weighted by molar-refractivity contribution is 7.91. The van der Waals surface area contributed by atoms with Gasteiger partial charge in [-0.2, -0.15) is 0 Å². The lowest BCUT2D eigenvalue weighted by molar-refractivity contribution is -0.122. The molecule has 1 aromatic carbocycles. The maximum absolute atomic E-state index is 13.5. The van der Waals surface area contributed by atoms with Crippen LogP contribution in [0.3, 0.4) is 0 Å². The summed E-state index contributed by atoms with van der Waals surface area (Å²) >= 11 is 0. The molecule has 1 amide bonds. The van der Waals surface area contributed by atoms with Crippen LogP contribution in [0, 0.1) is 5.92 Å². The molecule has 1 unspecified atom stereocenters. The Balaban J connectivity index is 1.61. The van der Waals surface area contributed by atoms with Gasteiger partial charge in [0.25, 0.3) is 5.89 Å². The fraction of sp³-hybridized carbons (Fsp3) is 0.583. The van der Waals surface area contributed by atoms with Crippen molar-refractivity contribution >= 4 is 48.6 Å². The topological polar surface area (TPSA) is 177 Å². The van der Waals surface area contributed by atoms with Crippen molar-refractivity contribution in [2.24, 2.45) is 10.9 Å². The van der Waals surface area contributed by atoms with Crippen molar-refractivity contribution in [3.8, 4) is 0 Å². The molecule has 15 heteroatoms. The molecule has 0 radical (unpaired) electrons. The number of carbonyl (C=O) groups excluding carboxylic acids is 2. The maximum atomic E-state index is 13.5. The first-order valence-electron chi connectivity index (χ1n) is 12.7. The Morgan fingerprint density at radius 2 is 1.85 bits per heavy atom. The van der Waals surface area contributed by atoms with Gasteiger partial charge in [-0.3, -0.25) is 14.3 Å². The normalized spacial score (nSPS) is 18.5. The zero-order valence-corrected chi connectivity index (χ0v) is 23.5. The van der Waals surface area contributed by atoms with Crippen LogP contribution >= 0.6 is 0 Å². The first kappa shape index (κ1) is 29.0. The number of rotatable bonds is 11. The van der Waals surface area contributed by atoms with Crippen molar-refractivity contribution in [3.63, 3.8) is 0 Å². The molecule has 2 atom stereocenters. The van der Waals surface area contributed by atoms with Crippen LogP contribution in [0.5, 0.6) is 0 Å². The highest BCUT2D eigenvalue weighted by atomic mass is 32.2. The number of morpholine rings is 1. The lowest BCUT2D eigenvalue weighted by Gasteiger charge is -2.30. The van der Waals surface area contributed by atoms with Crippen LogP contribution in [0.2, 0.25) is 0 Å². The van der Waals surface area contributed by atoms with E-state index in [1.165, 1.54) is 0 Å². The molecular formula is C24H33N5O8S2. The molecule has 1 aliphatic carbocycles. The fourth-order valence-electron chi connectivity index (χ4n) is 4.13. The number of Topliss-reactive ketones (excluding diaryl/α,β-unsaturated/α-hetero) is 1. The summed E-state index contributed by atoms with van der Waals surface area (Å²) in [5.74, 6) is -2.42. The summed E-state index contributed by atoms with van der Waals surface area (Å²) in [6.07, 6.45) is 2.70. The predicted octanol–water partition coefficient (Wildman–Crippen LogP) is 0.336. The van der Waals surface area contributed by atoms with Crippen molar-refractivity contribution in [1.29, 1.82) is 0 Å². The number of oxazole rings is 1. The van der Waals surface area contributed by atoms with Crippen molar-refractivity contribution in [2.45, 2.75) is 38.3 Å². The third-order valence-electron chi connectivity index (χ3n) is 6.31. The Bertz CT molecular complexity index is 1410. The van der Waals surface area contributed by atoms with Gasteiger partial charge in [-0.05, 0) is 37.3 Å². The number of nitrogens with one attached hydrogen (secondary N) is 2. The molecule has 1 aliphatic heterocycles. The summed E-state index contributed by atoms with van der Waals surface area (Å²) in [6.45, 7) is 2.87. The van der Waals surface area contributed by atoms with E-state index in [4.69, 9.17) is 9.15 Å². The highest BCUT2D eigenvalue weighted by Crippen LogP contribution is 2.30. The number of sulfone groups is 1. The van der Waals surface area contributed by atoms with Gasteiger partial charge in [0.15, 0.2) is 15.4 Å². The summed E-state index contributed by atoms with van der Waals surface area (Å²) in [4.78, 5) is 36.7. The van der Waals surface area contributed by atoms with Crippen molar-refractivity contribution in [2.75, 3.05) is 44.1 Å². The number of amides is 1. The van der Waals surface area contributed by atoms with Crippen LogP contribution < -0.4 is 10.0 Å². The molecule has 0 bridgehead atoms. The van der Waals surface area contributed by atoms with E-state index in [1.807, 2.05) is 0 Å². The Labute approximate surface area is 227 Å². The molecule has 2 aliphatic rings. The summed E-state index contributed by atoms with van der Waals surface area (Å²) in [6, 6.07) is 4.26. The molecule has 39 heavy (non-hydrogen) atoms. The standard InChI is InChI=1S/C24H33N5O8S2/c1-3-17(21(30)23-26-18-6-4-5-7-20(18)37-23)25-22(31)19(15-39(34,35)14-16-8-9-16)27-24(28-38(2,32)33)29-10-12-36-13-11-29/h4-7,16-17,19H,3,8-15H2,1-2H3,(H,25,31)(H,27,28)/t17?,19-/m0/s1. The Morgan fingerprint density at radius 3 is 2.46 bits per heavy atom. The summed E-state index contributed by atoms with van der Waals surface area (Å²) in [5.41, 5.74) is 0.898. The van der Waals surface area contributed by atoms with Crippen LogP contribution in [0.1, 0.15) is 36.9 Å². The molecule has 0 spiro atoms. The molecule has 1 aromatic heterocycles. The van der Waals surface area contributed by atoms with Crippen LogP contribution in [0.25, 0.3) is 11.1 Å². The minimum atomic E-state index is -3.81. The van der Waals surface area contributed by atoms with E-state index in [0.29, 0.717) is 24.3 Å². The summed E-state index contributed by atoms with van der Waals surface area (Å²) in [5, 5.41) is 2.59. The van der Waals surface area contributed by atoms with E-state index in [2.05, 4.69) is 20.0 Å². The highest BCUT2D eigenvalue weighted by Gasteiger charge is 2.35. The van der Waals surface area contributed by atoms with Crippen LogP contribution in [-0.2, 0) is 29.4 Å². The number of benzene rings is 1. The number of fused-ring (bicyclic) bond motifs is 1. The number of hydrogen-bond acceptors (Lipinski definition) is 10. The first-order valence-corrected chi connectivity index (χ1v) is 16.4. The number of aliphatic imine (C=N–C) groups is 1.